The molecule has 4 aromatic rings. The summed E-state index contributed by atoms with van der Waals surface area (Å²) in [5, 5.41) is 6.94. The predicted octanol–water partition coefficient (Wildman–Crippen LogP) is 3.65. The fourth-order valence-electron chi connectivity index (χ4n) is 3.84. The van der Waals surface area contributed by atoms with Gasteiger partial charge in [0.05, 0.1) is 18.1 Å². The maximum atomic E-state index is 6.15. The summed E-state index contributed by atoms with van der Waals surface area (Å²) in [7, 11) is 1.55. The highest BCUT2D eigenvalue weighted by molar-refractivity contribution is 6.31. The van der Waals surface area contributed by atoms with Crippen molar-refractivity contribution in [1.82, 2.24) is 35.1 Å². The number of rotatable bonds is 6. The molecule has 0 spiro atoms. The zero-order chi connectivity index (χ0) is 21.9. The van der Waals surface area contributed by atoms with Crippen molar-refractivity contribution in [2.45, 2.75) is 6.54 Å². The van der Waals surface area contributed by atoms with Crippen molar-refractivity contribution in [2.24, 2.45) is 0 Å². The van der Waals surface area contributed by atoms with E-state index >= 15 is 0 Å². The zero-order valence-electron chi connectivity index (χ0n) is 18.0. The molecular formula is C22H24Cl2N8O. The molecule has 1 saturated heterocycles. The molecule has 3 N–H and O–H groups in total. The Morgan fingerprint density at radius 2 is 1.97 bits per heavy atom. The number of halogens is 2. The summed E-state index contributed by atoms with van der Waals surface area (Å²) in [4.78, 5) is 23.1. The Balaban J connectivity index is 0.00000259. The van der Waals surface area contributed by atoms with Gasteiger partial charge in [0, 0.05) is 44.5 Å². The molecule has 9 nitrogen and oxygen atoms in total. The van der Waals surface area contributed by atoms with Crippen molar-refractivity contribution in [3.63, 3.8) is 0 Å². The van der Waals surface area contributed by atoms with Crippen LogP contribution in [0.15, 0.2) is 42.9 Å². The van der Waals surface area contributed by atoms with Gasteiger partial charge in [-0.25, -0.2) is 19.9 Å². The van der Waals surface area contributed by atoms with Crippen LogP contribution in [-0.4, -0.2) is 63.1 Å². The first-order valence-corrected chi connectivity index (χ1v) is 10.8. The number of methoxy groups -OCH3 is 1. The molecule has 1 fully saturated rings. The summed E-state index contributed by atoms with van der Waals surface area (Å²) < 4.78 is 5.38. The lowest BCUT2D eigenvalue weighted by Gasteiger charge is -2.27. The molecule has 1 aromatic carbocycles. The van der Waals surface area contributed by atoms with Gasteiger partial charge >= 0.3 is 0 Å². The number of ether oxygens (including phenoxy) is 1. The van der Waals surface area contributed by atoms with Gasteiger partial charge in [0.25, 0.3) is 0 Å². The van der Waals surface area contributed by atoms with Gasteiger partial charge in [-0.05, 0) is 29.8 Å². The van der Waals surface area contributed by atoms with E-state index < -0.39 is 0 Å². The Morgan fingerprint density at radius 1 is 1.12 bits per heavy atom. The van der Waals surface area contributed by atoms with Crippen LogP contribution in [0.3, 0.4) is 0 Å². The second-order valence-corrected chi connectivity index (χ2v) is 7.92. The van der Waals surface area contributed by atoms with Gasteiger partial charge in [0.15, 0.2) is 10.9 Å². The summed E-state index contributed by atoms with van der Waals surface area (Å²) in [6, 6.07) is 9.94. The minimum atomic E-state index is 0. The number of imidazole rings is 1. The van der Waals surface area contributed by atoms with Crippen molar-refractivity contribution >= 4 is 46.8 Å². The Bertz CT molecular complexity index is 1240. The van der Waals surface area contributed by atoms with E-state index in [0.717, 1.165) is 55.1 Å². The lowest BCUT2D eigenvalue weighted by atomic mass is 10.1. The number of aromatic nitrogens is 5. The second kappa shape index (κ2) is 10.3. The van der Waals surface area contributed by atoms with Crippen LogP contribution < -0.4 is 15.4 Å². The van der Waals surface area contributed by atoms with E-state index in [4.69, 9.17) is 16.3 Å². The largest absolute Gasteiger partial charge is 0.491 e. The number of fused-ring (bicyclic) bond motifs is 1. The number of hydrogen-bond donors (Lipinski definition) is 3. The maximum absolute atomic E-state index is 6.15. The number of benzene rings is 1. The monoisotopic (exact) mass is 486 g/mol. The second-order valence-electron chi connectivity index (χ2n) is 7.56. The van der Waals surface area contributed by atoms with Crippen LogP contribution in [-0.2, 0) is 6.54 Å². The molecule has 172 valence electrons. The van der Waals surface area contributed by atoms with E-state index in [1.807, 2.05) is 24.4 Å². The van der Waals surface area contributed by atoms with Gasteiger partial charge in [-0.15, -0.1) is 12.4 Å². The van der Waals surface area contributed by atoms with E-state index in [9.17, 15) is 0 Å². The highest BCUT2D eigenvalue weighted by Crippen LogP contribution is 2.33. The highest BCUT2D eigenvalue weighted by atomic mass is 35.5. The number of pyridine rings is 1. The molecule has 3 aromatic heterocycles. The zero-order valence-corrected chi connectivity index (χ0v) is 19.6. The molecule has 33 heavy (non-hydrogen) atoms. The van der Waals surface area contributed by atoms with Crippen molar-refractivity contribution < 1.29 is 4.74 Å². The first-order chi connectivity index (χ1) is 15.7. The van der Waals surface area contributed by atoms with Crippen LogP contribution in [0, 0.1) is 0 Å². The average Bonchev–Trinajstić information content (AvgIpc) is 3.21. The molecule has 0 aliphatic carbocycles. The van der Waals surface area contributed by atoms with Crippen molar-refractivity contribution in [1.29, 1.82) is 0 Å². The van der Waals surface area contributed by atoms with E-state index in [1.165, 1.54) is 11.9 Å². The number of H-pyrrole nitrogens is 1. The molecule has 4 heterocycles. The Morgan fingerprint density at radius 3 is 2.79 bits per heavy atom. The van der Waals surface area contributed by atoms with Gasteiger partial charge in [-0.1, -0.05) is 17.7 Å². The molecule has 1 aliphatic rings. The van der Waals surface area contributed by atoms with Gasteiger partial charge in [-0.3, -0.25) is 4.90 Å². The number of anilines is 2. The average molecular weight is 487 g/mol. The SMILES string of the molecule is COc1c(Cl)ncnc1-c1ccc2nc(Nc3cc(CN4CCNCC4)ccn3)[nH]c2c1.Cl. The molecule has 5 rings (SSSR count). The van der Waals surface area contributed by atoms with Crippen LogP contribution in [0.4, 0.5) is 11.8 Å². The standard InChI is InChI=1S/C22H23ClN8O.ClH/c1-32-20-19(26-13-27-21(20)23)15-2-3-16-17(11-15)29-22(28-16)30-18-10-14(4-5-25-18)12-31-8-6-24-7-9-31;/h2-5,10-11,13,24H,6-9,12H2,1H3,(H2,25,28,29,30);1H. The third kappa shape index (κ3) is 5.17. The summed E-state index contributed by atoms with van der Waals surface area (Å²) in [5.41, 5.74) is 4.38. The minimum absolute atomic E-state index is 0. The Hall–Kier alpha value is -2.98. The number of piperazine rings is 1. The van der Waals surface area contributed by atoms with Gasteiger partial charge < -0.3 is 20.4 Å². The molecule has 0 unspecified atom stereocenters. The third-order valence-corrected chi connectivity index (χ3v) is 5.68. The van der Waals surface area contributed by atoms with E-state index in [-0.39, 0.29) is 17.6 Å². The summed E-state index contributed by atoms with van der Waals surface area (Å²) in [6.07, 6.45) is 3.25. The fraction of sp³-hybridized carbons (Fsp3) is 0.273. The molecule has 1 aliphatic heterocycles. The molecule has 0 bridgehead atoms. The van der Waals surface area contributed by atoms with E-state index in [2.05, 4.69) is 52.6 Å². The topological polar surface area (TPSA) is 104 Å². The maximum Gasteiger partial charge on any atom is 0.206 e. The molecule has 0 radical (unpaired) electrons. The molecule has 11 heteroatoms. The predicted molar refractivity (Wildman–Crippen MR) is 132 cm³/mol. The minimum Gasteiger partial charge on any atom is -0.491 e. The van der Waals surface area contributed by atoms with Crippen molar-refractivity contribution in [2.75, 3.05) is 38.6 Å². The number of nitrogens with zero attached hydrogens (tertiary/aromatic N) is 5. The third-order valence-electron chi connectivity index (χ3n) is 5.41. The summed E-state index contributed by atoms with van der Waals surface area (Å²) in [6.45, 7) is 5.08. The number of nitrogens with one attached hydrogen (secondary N) is 3. The van der Waals surface area contributed by atoms with Crippen LogP contribution in [0.1, 0.15) is 5.56 Å². The lowest BCUT2D eigenvalue weighted by molar-refractivity contribution is 0.233. The van der Waals surface area contributed by atoms with Crippen LogP contribution in [0.5, 0.6) is 5.75 Å². The van der Waals surface area contributed by atoms with E-state index in [1.54, 1.807) is 7.11 Å². The molecule has 0 saturated carbocycles. The number of hydrogen-bond acceptors (Lipinski definition) is 8. The normalized spacial score (nSPS) is 14.1. The smallest absolute Gasteiger partial charge is 0.206 e. The van der Waals surface area contributed by atoms with Crippen molar-refractivity contribution in [3.05, 3.63) is 53.6 Å². The van der Waals surface area contributed by atoms with Crippen molar-refractivity contribution in [3.8, 4) is 17.0 Å². The highest BCUT2D eigenvalue weighted by Gasteiger charge is 2.14. The van der Waals surface area contributed by atoms with Gasteiger partial charge in [0.1, 0.15) is 17.8 Å². The van der Waals surface area contributed by atoms with Gasteiger partial charge in [-0.2, -0.15) is 0 Å². The summed E-state index contributed by atoms with van der Waals surface area (Å²) in [5.74, 6) is 1.81. The van der Waals surface area contributed by atoms with E-state index in [0.29, 0.717) is 17.4 Å². The van der Waals surface area contributed by atoms with Crippen LogP contribution in [0.2, 0.25) is 5.15 Å². The lowest BCUT2D eigenvalue weighted by Crippen LogP contribution is -2.42. The first kappa shape index (κ1) is 23.2. The van der Waals surface area contributed by atoms with Crippen LogP contribution in [0.25, 0.3) is 22.3 Å². The summed E-state index contributed by atoms with van der Waals surface area (Å²) >= 11 is 6.15. The molecular weight excluding hydrogens is 463 g/mol. The Labute approximate surface area is 202 Å². The first-order valence-electron chi connectivity index (χ1n) is 10.4. The number of aromatic amines is 1. The van der Waals surface area contributed by atoms with Crippen LogP contribution >= 0.6 is 24.0 Å². The van der Waals surface area contributed by atoms with Gasteiger partial charge in [0.2, 0.25) is 5.95 Å². The Kier molecular flexibility index (Phi) is 7.24. The quantitative estimate of drug-likeness (QED) is 0.354. The molecule has 0 amide bonds. The fourth-order valence-corrected chi connectivity index (χ4v) is 4.05. The molecule has 0 atom stereocenters.